The number of amides is 2. The fourth-order valence-electron chi connectivity index (χ4n) is 4.69. The van der Waals surface area contributed by atoms with Crippen molar-refractivity contribution in [1.82, 2.24) is 30.0 Å². The maximum absolute atomic E-state index is 13.4. The van der Waals surface area contributed by atoms with Gasteiger partial charge in [-0.3, -0.25) is 4.79 Å². The zero-order valence-corrected chi connectivity index (χ0v) is 20.6. The van der Waals surface area contributed by atoms with Gasteiger partial charge in [-0.05, 0) is 30.5 Å². The maximum atomic E-state index is 13.4. The second-order valence-corrected chi connectivity index (χ2v) is 9.00. The Labute approximate surface area is 217 Å². The molecule has 3 heterocycles. The van der Waals surface area contributed by atoms with E-state index in [9.17, 15) is 19.1 Å². The molecule has 0 spiro atoms. The number of rotatable bonds is 6. The van der Waals surface area contributed by atoms with E-state index < -0.39 is 11.9 Å². The number of carbonyl (C=O) groups excluding carboxylic acids is 1. The lowest BCUT2D eigenvalue weighted by Gasteiger charge is -2.30. The number of fused-ring (bicyclic) bond motifs is 1. The van der Waals surface area contributed by atoms with Crippen molar-refractivity contribution < 1.29 is 23.8 Å². The second-order valence-electron chi connectivity index (χ2n) is 9.00. The van der Waals surface area contributed by atoms with Crippen LogP contribution in [0.2, 0.25) is 0 Å². The molecule has 0 saturated carbocycles. The third kappa shape index (κ3) is 4.80. The molecule has 38 heavy (non-hydrogen) atoms. The van der Waals surface area contributed by atoms with Gasteiger partial charge in [-0.25, -0.2) is 23.8 Å². The lowest BCUT2D eigenvalue weighted by molar-refractivity contribution is 0.0947. The first-order valence-electron chi connectivity index (χ1n) is 12.0. The lowest BCUT2D eigenvalue weighted by atomic mass is 10.1. The van der Waals surface area contributed by atoms with Crippen molar-refractivity contribution in [2.75, 3.05) is 25.9 Å². The molecule has 196 valence electrons. The molecule has 0 bridgehead atoms. The first-order valence-corrected chi connectivity index (χ1v) is 12.0. The van der Waals surface area contributed by atoms with Gasteiger partial charge in [-0.15, -0.1) is 0 Å². The molecule has 2 aromatic carbocycles. The summed E-state index contributed by atoms with van der Waals surface area (Å²) in [6, 6.07) is 11.0. The average molecular weight is 520 g/mol. The Hall–Kier alpha value is -4.74. The highest BCUT2D eigenvalue weighted by atomic mass is 19.1. The Balaban J connectivity index is 1.38. The van der Waals surface area contributed by atoms with Gasteiger partial charge in [-0.1, -0.05) is 24.3 Å². The standard InChI is InChI=1S/C26H26FN7O4/c1-38-20-11-17(27)8-9-19(20)25(35)29-12-15-4-6-16(7-5-15)22-21-23(28)30-14-31-24(21)34(32-22)18-3-2-10-33(13-18)26(36)37/h4-9,11,14,18H,2-3,10,12-13H2,1H3,(H,29,35)(H,36,37)(H2,28,30,31)/t18-/m1/s1. The van der Waals surface area contributed by atoms with E-state index in [4.69, 9.17) is 15.6 Å². The van der Waals surface area contributed by atoms with E-state index in [1.54, 1.807) is 4.68 Å². The Kier molecular flexibility index (Phi) is 6.77. The summed E-state index contributed by atoms with van der Waals surface area (Å²) in [6.45, 7) is 1.04. The smallest absolute Gasteiger partial charge is 0.407 e. The number of methoxy groups -OCH3 is 1. The number of hydrogen-bond donors (Lipinski definition) is 3. The zero-order chi connectivity index (χ0) is 26.8. The van der Waals surface area contributed by atoms with Crippen molar-refractivity contribution in [3.8, 4) is 17.0 Å². The number of nitrogens with two attached hydrogens (primary N) is 1. The van der Waals surface area contributed by atoms with Crippen LogP contribution in [-0.2, 0) is 6.54 Å². The fourth-order valence-corrected chi connectivity index (χ4v) is 4.69. The predicted molar refractivity (Wildman–Crippen MR) is 137 cm³/mol. The molecule has 2 aromatic heterocycles. The van der Waals surface area contributed by atoms with Gasteiger partial charge in [0.1, 0.15) is 29.4 Å². The highest BCUT2D eigenvalue weighted by Crippen LogP contribution is 2.34. The maximum Gasteiger partial charge on any atom is 0.407 e. The topological polar surface area (TPSA) is 148 Å². The van der Waals surface area contributed by atoms with Crippen LogP contribution in [0, 0.1) is 5.82 Å². The summed E-state index contributed by atoms with van der Waals surface area (Å²) in [5.74, 6) is -0.433. The monoisotopic (exact) mass is 519 g/mol. The summed E-state index contributed by atoms with van der Waals surface area (Å²) >= 11 is 0. The molecule has 1 saturated heterocycles. The zero-order valence-electron chi connectivity index (χ0n) is 20.6. The summed E-state index contributed by atoms with van der Waals surface area (Å²) in [5.41, 5.74) is 9.21. The normalized spacial score (nSPS) is 15.4. The highest BCUT2D eigenvalue weighted by molar-refractivity contribution is 5.98. The molecule has 1 atom stereocenters. The number of ether oxygens (including phenoxy) is 1. The molecular formula is C26H26FN7O4. The summed E-state index contributed by atoms with van der Waals surface area (Å²) in [4.78, 5) is 34.1. The van der Waals surface area contributed by atoms with Crippen molar-refractivity contribution in [2.45, 2.75) is 25.4 Å². The number of hydrogen-bond acceptors (Lipinski definition) is 7. The summed E-state index contributed by atoms with van der Waals surface area (Å²) in [7, 11) is 1.38. The number of anilines is 1. The molecule has 1 aliphatic rings. The first kappa shape index (κ1) is 24.9. The van der Waals surface area contributed by atoms with Gasteiger partial charge in [0.25, 0.3) is 5.91 Å². The van der Waals surface area contributed by atoms with Gasteiger partial charge < -0.3 is 25.8 Å². The number of nitrogens with one attached hydrogen (secondary N) is 1. The van der Waals surface area contributed by atoms with E-state index in [2.05, 4.69) is 15.3 Å². The van der Waals surface area contributed by atoms with Crippen LogP contribution in [0.3, 0.4) is 0 Å². The molecule has 11 nitrogen and oxygen atoms in total. The first-order chi connectivity index (χ1) is 18.4. The molecule has 5 rings (SSSR count). The number of aromatic nitrogens is 4. The Morgan fingerprint density at radius 3 is 2.74 bits per heavy atom. The minimum atomic E-state index is -0.957. The van der Waals surface area contributed by atoms with Crippen molar-refractivity contribution >= 4 is 28.9 Å². The van der Waals surface area contributed by atoms with Gasteiger partial charge in [0.2, 0.25) is 0 Å². The van der Waals surface area contributed by atoms with Crippen LogP contribution >= 0.6 is 0 Å². The minimum Gasteiger partial charge on any atom is -0.496 e. The van der Waals surface area contributed by atoms with Crippen LogP contribution < -0.4 is 15.8 Å². The number of nitrogens with zero attached hydrogens (tertiary/aromatic N) is 5. The third-order valence-corrected chi connectivity index (χ3v) is 6.62. The van der Waals surface area contributed by atoms with Crippen LogP contribution in [0.25, 0.3) is 22.3 Å². The van der Waals surface area contributed by atoms with Crippen molar-refractivity contribution in [3.63, 3.8) is 0 Å². The van der Waals surface area contributed by atoms with E-state index in [1.807, 2.05) is 24.3 Å². The van der Waals surface area contributed by atoms with E-state index >= 15 is 0 Å². The van der Waals surface area contributed by atoms with Crippen molar-refractivity contribution in [1.29, 1.82) is 0 Å². The SMILES string of the molecule is COc1cc(F)ccc1C(=O)NCc1ccc(-c2nn([C@@H]3CCCN(C(=O)O)C3)c3ncnc(N)c23)cc1. The number of carbonyl (C=O) groups is 2. The summed E-state index contributed by atoms with van der Waals surface area (Å²) < 4.78 is 20.3. The minimum absolute atomic E-state index is 0.157. The molecular weight excluding hydrogens is 493 g/mol. The molecule has 1 fully saturated rings. The van der Waals surface area contributed by atoms with Gasteiger partial charge >= 0.3 is 6.09 Å². The average Bonchev–Trinajstić information content (AvgIpc) is 3.33. The van der Waals surface area contributed by atoms with E-state index in [1.165, 1.54) is 30.5 Å². The third-order valence-electron chi connectivity index (χ3n) is 6.62. The summed E-state index contributed by atoms with van der Waals surface area (Å²) in [6.07, 6.45) is 1.90. The molecule has 4 N–H and O–H groups in total. The molecule has 0 unspecified atom stereocenters. The second kappa shape index (κ2) is 10.3. The molecule has 0 aliphatic carbocycles. The lowest BCUT2D eigenvalue weighted by Crippen LogP contribution is -2.40. The number of piperidine rings is 1. The molecule has 4 aromatic rings. The largest absolute Gasteiger partial charge is 0.496 e. The fraction of sp³-hybridized carbons (Fsp3) is 0.269. The van der Waals surface area contributed by atoms with Crippen molar-refractivity contribution in [2.24, 2.45) is 0 Å². The Morgan fingerprint density at radius 2 is 2.00 bits per heavy atom. The van der Waals surface area contributed by atoms with Crippen LogP contribution in [0.5, 0.6) is 5.75 Å². The van der Waals surface area contributed by atoms with Crippen LogP contribution in [0.4, 0.5) is 15.0 Å². The molecule has 2 amide bonds. The van der Waals surface area contributed by atoms with Gasteiger partial charge in [0, 0.05) is 31.3 Å². The quantitative estimate of drug-likeness (QED) is 0.351. The van der Waals surface area contributed by atoms with Gasteiger partial charge in [0.15, 0.2) is 5.65 Å². The number of likely N-dealkylation sites (tertiary alicyclic amines) is 1. The number of carboxylic acid groups (broad SMARTS) is 1. The summed E-state index contributed by atoms with van der Waals surface area (Å²) in [5, 5.41) is 17.7. The predicted octanol–water partition coefficient (Wildman–Crippen LogP) is 3.47. The molecule has 1 aliphatic heterocycles. The van der Waals surface area contributed by atoms with E-state index in [0.29, 0.717) is 29.8 Å². The van der Waals surface area contributed by atoms with Crippen LogP contribution in [-0.4, -0.2) is 62.0 Å². The van der Waals surface area contributed by atoms with Gasteiger partial charge in [-0.2, -0.15) is 5.10 Å². The van der Waals surface area contributed by atoms with Crippen molar-refractivity contribution in [3.05, 3.63) is 65.7 Å². The van der Waals surface area contributed by atoms with Crippen LogP contribution in [0.1, 0.15) is 34.8 Å². The van der Waals surface area contributed by atoms with E-state index in [-0.39, 0.29) is 35.6 Å². The van der Waals surface area contributed by atoms with E-state index in [0.717, 1.165) is 30.0 Å². The number of benzene rings is 2. The number of halogens is 1. The number of nitrogen functional groups attached to an aromatic ring is 1. The Morgan fingerprint density at radius 1 is 1.21 bits per heavy atom. The molecule has 0 radical (unpaired) electrons. The van der Waals surface area contributed by atoms with Gasteiger partial charge in [0.05, 0.1) is 24.1 Å². The van der Waals surface area contributed by atoms with Crippen LogP contribution in [0.15, 0.2) is 48.8 Å². The Bertz CT molecular complexity index is 1510. The molecule has 12 heteroatoms. The highest BCUT2D eigenvalue weighted by Gasteiger charge is 2.28.